The van der Waals surface area contributed by atoms with Gasteiger partial charge in [0.2, 0.25) is 5.91 Å². The first kappa shape index (κ1) is 23.1. The molecule has 0 aliphatic heterocycles. The van der Waals surface area contributed by atoms with Crippen molar-refractivity contribution >= 4 is 5.91 Å². The zero-order chi connectivity index (χ0) is 18.0. The Hall–Kier alpha value is -0.870. The summed E-state index contributed by atoms with van der Waals surface area (Å²) in [6, 6.07) is -0.615. The van der Waals surface area contributed by atoms with Gasteiger partial charge in [-0.25, -0.2) is 0 Å². The van der Waals surface area contributed by atoms with Gasteiger partial charge in [0.1, 0.15) is 0 Å². The van der Waals surface area contributed by atoms with E-state index in [9.17, 15) is 9.90 Å². The normalized spacial score (nSPS) is 14.0. The smallest absolute Gasteiger partial charge is 0.217 e. The predicted molar refractivity (Wildman–Crippen MR) is 101 cm³/mol. The summed E-state index contributed by atoms with van der Waals surface area (Å²) >= 11 is 0. The van der Waals surface area contributed by atoms with Crippen molar-refractivity contribution < 1.29 is 15.0 Å². The highest BCUT2D eigenvalue weighted by Gasteiger charge is 2.15. The van der Waals surface area contributed by atoms with Crippen molar-refractivity contribution in [2.24, 2.45) is 0 Å². The van der Waals surface area contributed by atoms with Crippen molar-refractivity contribution in [1.82, 2.24) is 5.32 Å². The lowest BCUT2D eigenvalue weighted by Gasteiger charge is -2.18. The first-order valence-corrected chi connectivity index (χ1v) is 9.84. The number of aliphatic hydroxyl groups is 2. The number of rotatable bonds is 16. The van der Waals surface area contributed by atoms with Gasteiger partial charge in [0.05, 0.1) is 18.8 Å². The molecule has 3 N–H and O–H groups in total. The molecule has 0 unspecified atom stereocenters. The van der Waals surface area contributed by atoms with E-state index in [1.807, 2.05) is 6.08 Å². The second-order valence-corrected chi connectivity index (χ2v) is 6.73. The summed E-state index contributed by atoms with van der Waals surface area (Å²) in [5.74, 6) is -0.244. The second-order valence-electron chi connectivity index (χ2n) is 6.73. The molecular formula is C20H39NO3. The molecule has 4 heteroatoms. The maximum atomic E-state index is 10.9. The average Bonchev–Trinajstić information content (AvgIpc) is 2.56. The van der Waals surface area contributed by atoms with Crippen LogP contribution in [-0.2, 0) is 4.79 Å². The fourth-order valence-electron chi connectivity index (χ4n) is 2.80. The van der Waals surface area contributed by atoms with Crippen LogP contribution in [0.4, 0.5) is 0 Å². The molecule has 0 aromatic rings. The van der Waals surface area contributed by atoms with E-state index in [0.717, 1.165) is 12.8 Å². The van der Waals surface area contributed by atoms with Crippen LogP contribution in [0.15, 0.2) is 12.2 Å². The summed E-state index contributed by atoms with van der Waals surface area (Å²) in [6.07, 6.45) is 18.3. The molecule has 0 aromatic heterocycles. The fourth-order valence-corrected chi connectivity index (χ4v) is 2.80. The number of carbonyl (C=O) groups excluding carboxylic acids is 1. The highest BCUT2D eigenvalue weighted by Crippen LogP contribution is 2.12. The molecule has 0 rings (SSSR count). The number of aliphatic hydroxyl groups excluding tert-OH is 2. The number of hydrogen-bond donors (Lipinski definition) is 3. The average molecular weight is 342 g/mol. The SMILES string of the molecule is CCCCCCCCCCCCC/C=C/[C@@H](O)[C@@H](CO)NC(C)=O. The van der Waals surface area contributed by atoms with Gasteiger partial charge in [-0.3, -0.25) is 4.79 Å². The van der Waals surface area contributed by atoms with Gasteiger partial charge in [0.25, 0.3) is 0 Å². The summed E-state index contributed by atoms with van der Waals surface area (Å²) in [5.41, 5.74) is 0. The number of unbranched alkanes of at least 4 members (excludes halogenated alkanes) is 11. The molecule has 0 heterocycles. The van der Waals surface area contributed by atoms with Crippen molar-refractivity contribution in [3.05, 3.63) is 12.2 Å². The minimum Gasteiger partial charge on any atom is -0.394 e. The van der Waals surface area contributed by atoms with Crippen molar-refractivity contribution in [2.45, 2.75) is 103 Å². The molecule has 4 nitrogen and oxygen atoms in total. The second kappa shape index (κ2) is 17.0. The van der Waals surface area contributed by atoms with E-state index < -0.39 is 12.1 Å². The number of carbonyl (C=O) groups is 1. The molecule has 1 amide bonds. The Bertz CT molecular complexity index is 318. The minimum absolute atomic E-state index is 0.244. The van der Waals surface area contributed by atoms with Gasteiger partial charge in [-0.1, -0.05) is 83.3 Å². The van der Waals surface area contributed by atoms with Crippen molar-refractivity contribution in [2.75, 3.05) is 6.61 Å². The molecule has 2 atom stereocenters. The van der Waals surface area contributed by atoms with E-state index in [-0.39, 0.29) is 12.5 Å². The van der Waals surface area contributed by atoms with Crippen molar-refractivity contribution in [1.29, 1.82) is 0 Å². The van der Waals surface area contributed by atoms with Crippen LogP contribution >= 0.6 is 0 Å². The van der Waals surface area contributed by atoms with Crippen LogP contribution in [-0.4, -0.2) is 34.9 Å². The molecule has 142 valence electrons. The number of nitrogens with one attached hydrogen (secondary N) is 1. The van der Waals surface area contributed by atoms with Gasteiger partial charge >= 0.3 is 0 Å². The third-order valence-electron chi connectivity index (χ3n) is 4.31. The molecule has 0 fully saturated rings. The third kappa shape index (κ3) is 14.7. The zero-order valence-corrected chi connectivity index (χ0v) is 15.8. The van der Waals surface area contributed by atoms with E-state index >= 15 is 0 Å². The lowest BCUT2D eigenvalue weighted by atomic mass is 10.0. The van der Waals surface area contributed by atoms with Crippen molar-refractivity contribution in [3.8, 4) is 0 Å². The molecule has 0 aliphatic carbocycles. The van der Waals surface area contributed by atoms with Gasteiger partial charge in [-0.05, 0) is 12.8 Å². The summed E-state index contributed by atoms with van der Waals surface area (Å²) in [4.78, 5) is 10.9. The van der Waals surface area contributed by atoms with E-state index in [4.69, 9.17) is 5.11 Å². The number of allylic oxidation sites excluding steroid dienone is 1. The number of hydrogen-bond acceptors (Lipinski definition) is 3. The summed E-state index contributed by atoms with van der Waals surface area (Å²) in [5, 5.41) is 21.5. The maximum Gasteiger partial charge on any atom is 0.217 e. The van der Waals surface area contributed by atoms with Gasteiger partial charge in [0.15, 0.2) is 0 Å². The van der Waals surface area contributed by atoms with E-state index in [0.29, 0.717) is 0 Å². The first-order valence-electron chi connectivity index (χ1n) is 9.84. The Morgan fingerprint density at radius 1 is 0.958 bits per heavy atom. The molecule has 0 spiro atoms. The van der Waals surface area contributed by atoms with Gasteiger partial charge in [0, 0.05) is 6.92 Å². The van der Waals surface area contributed by atoms with Crippen LogP contribution in [0, 0.1) is 0 Å². The molecular weight excluding hydrogens is 302 g/mol. The van der Waals surface area contributed by atoms with E-state index in [2.05, 4.69) is 12.2 Å². The molecule has 0 saturated carbocycles. The van der Waals surface area contributed by atoms with Gasteiger partial charge in [-0.2, -0.15) is 0 Å². The van der Waals surface area contributed by atoms with Crippen molar-refractivity contribution in [3.63, 3.8) is 0 Å². The van der Waals surface area contributed by atoms with Crippen LogP contribution in [0.3, 0.4) is 0 Å². The molecule has 0 saturated heterocycles. The first-order chi connectivity index (χ1) is 11.6. The quantitative estimate of drug-likeness (QED) is 0.292. The highest BCUT2D eigenvalue weighted by molar-refractivity contribution is 5.73. The van der Waals surface area contributed by atoms with Crippen LogP contribution in [0.25, 0.3) is 0 Å². The molecule has 0 radical (unpaired) electrons. The Morgan fingerprint density at radius 2 is 1.46 bits per heavy atom. The van der Waals surface area contributed by atoms with E-state index in [1.54, 1.807) is 6.08 Å². The van der Waals surface area contributed by atoms with Gasteiger partial charge < -0.3 is 15.5 Å². The van der Waals surface area contributed by atoms with Gasteiger partial charge in [-0.15, -0.1) is 0 Å². The fraction of sp³-hybridized carbons (Fsp3) is 0.850. The Kier molecular flexibility index (Phi) is 16.4. The molecule has 0 bridgehead atoms. The molecule has 0 aliphatic rings. The Balaban J connectivity index is 3.47. The standard InChI is InChI=1S/C20H39NO3/c1-3-4-5-6-7-8-9-10-11-12-13-14-15-16-20(24)19(17-22)21-18(2)23/h15-16,19-20,22,24H,3-14,17H2,1-2H3,(H,21,23)/b16-15+/t19-,20-/m1/s1. The summed E-state index contributed by atoms with van der Waals surface area (Å²) < 4.78 is 0. The molecule has 24 heavy (non-hydrogen) atoms. The highest BCUT2D eigenvalue weighted by atomic mass is 16.3. The monoisotopic (exact) mass is 341 g/mol. The van der Waals surface area contributed by atoms with E-state index in [1.165, 1.54) is 71.1 Å². The lowest BCUT2D eigenvalue weighted by Crippen LogP contribution is -2.44. The summed E-state index contributed by atoms with van der Waals surface area (Å²) in [7, 11) is 0. The Morgan fingerprint density at radius 3 is 1.92 bits per heavy atom. The van der Waals surface area contributed by atoms with Crippen LogP contribution in [0.2, 0.25) is 0 Å². The van der Waals surface area contributed by atoms with Crippen LogP contribution < -0.4 is 5.32 Å². The summed E-state index contributed by atoms with van der Waals surface area (Å²) in [6.45, 7) is 3.37. The van der Waals surface area contributed by atoms with Crippen LogP contribution in [0.1, 0.15) is 90.9 Å². The zero-order valence-electron chi connectivity index (χ0n) is 15.8. The largest absolute Gasteiger partial charge is 0.394 e. The topological polar surface area (TPSA) is 69.6 Å². The predicted octanol–water partition coefficient (Wildman–Crippen LogP) is 4.10. The number of amides is 1. The lowest BCUT2D eigenvalue weighted by molar-refractivity contribution is -0.120. The maximum absolute atomic E-state index is 10.9. The molecule has 0 aromatic carbocycles. The minimum atomic E-state index is -0.827. The Labute approximate surface area is 148 Å². The third-order valence-corrected chi connectivity index (χ3v) is 4.31. The van der Waals surface area contributed by atoms with Crippen LogP contribution in [0.5, 0.6) is 0 Å².